The maximum absolute atomic E-state index is 12.3. The number of rotatable bonds is 9. The van der Waals surface area contributed by atoms with E-state index in [1.54, 1.807) is 12.1 Å². The monoisotopic (exact) mass is 309 g/mol. The molecule has 0 fully saturated rings. The van der Waals surface area contributed by atoms with Crippen LogP contribution in [0.25, 0.3) is 0 Å². The fraction of sp³-hybridized carbons (Fsp3) is 0.538. The summed E-state index contributed by atoms with van der Waals surface area (Å²) in [5.41, 5.74) is 0.651. The van der Waals surface area contributed by atoms with Gasteiger partial charge >= 0.3 is 6.61 Å². The fourth-order valence-corrected chi connectivity index (χ4v) is 2.30. The molecule has 0 amide bonds. The van der Waals surface area contributed by atoms with Crippen molar-refractivity contribution in [1.82, 2.24) is 5.32 Å². The van der Waals surface area contributed by atoms with Crippen LogP contribution in [-0.2, 0) is 6.54 Å². The summed E-state index contributed by atoms with van der Waals surface area (Å²) in [6.07, 6.45) is 4.28. The summed E-state index contributed by atoms with van der Waals surface area (Å²) in [6.45, 7) is -1.50. The van der Waals surface area contributed by atoms with Crippen molar-refractivity contribution in [2.45, 2.75) is 26.0 Å². The Bertz CT molecular complexity index is 380. The number of halogens is 3. The van der Waals surface area contributed by atoms with Crippen molar-refractivity contribution < 1.29 is 13.5 Å². The highest BCUT2D eigenvalue weighted by Crippen LogP contribution is 2.24. The quantitative estimate of drug-likeness (QED) is 0.692. The average Bonchev–Trinajstić information content (AvgIpc) is 2.36. The Morgan fingerprint density at radius 2 is 2.16 bits per heavy atom. The third-order valence-electron chi connectivity index (χ3n) is 2.51. The van der Waals surface area contributed by atoms with Crippen molar-refractivity contribution in [3.63, 3.8) is 0 Å². The van der Waals surface area contributed by atoms with E-state index in [2.05, 4.69) is 16.3 Å². The second-order valence-corrected chi connectivity index (χ2v) is 5.43. The first-order valence-corrected chi connectivity index (χ1v) is 7.83. The Morgan fingerprint density at radius 3 is 2.84 bits per heavy atom. The normalized spacial score (nSPS) is 11.0. The molecule has 1 rings (SSSR count). The molecular formula is C13H18ClF2NOS. The van der Waals surface area contributed by atoms with Gasteiger partial charge in [0.15, 0.2) is 0 Å². The van der Waals surface area contributed by atoms with Crippen LogP contribution in [0.4, 0.5) is 8.78 Å². The van der Waals surface area contributed by atoms with Gasteiger partial charge in [0.25, 0.3) is 0 Å². The Labute approximate surface area is 121 Å². The van der Waals surface area contributed by atoms with Crippen molar-refractivity contribution in [2.75, 3.05) is 18.6 Å². The largest absolute Gasteiger partial charge is 0.434 e. The van der Waals surface area contributed by atoms with Crippen LogP contribution < -0.4 is 10.1 Å². The third kappa shape index (κ3) is 6.99. The number of thioether (sulfide) groups is 1. The minimum Gasteiger partial charge on any atom is -0.434 e. The van der Waals surface area contributed by atoms with E-state index in [0.717, 1.165) is 25.1 Å². The molecule has 0 aliphatic carbocycles. The standard InChI is InChI=1S/C13H18ClF2NOS/c1-19-7-3-2-6-17-9-10-8-11(14)4-5-12(10)18-13(15)16/h4-5,8,13,17H,2-3,6-7,9H2,1H3. The first-order valence-electron chi connectivity index (χ1n) is 6.06. The second kappa shape index (κ2) is 9.39. The Balaban J connectivity index is 2.44. The molecule has 1 N–H and O–H groups in total. The van der Waals surface area contributed by atoms with Gasteiger partial charge in [-0.05, 0) is 49.6 Å². The molecule has 0 radical (unpaired) electrons. The van der Waals surface area contributed by atoms with E-state index in [0.29, 0.717) is 17.1 Å². The molecule has 0 atom stereocenters. The van der Waals surface area contributed by atoms with E-state index in [4.69, 9.17) is 11.6 Å². The van der Waals surface area contributed by atoms with Gasteiger partial charge in [-0.3, -0.25) is 0 Å². The van der Waals surface area contributed by atoms with Crippen LogP contribution in [0.1, 0.15) is 18.4 Å². The number of ether oxygens (including phenoxy) is 1. The molecule has 1 aromatic carbocycles. The summed E-state index contributed by atoms with van der Waals surface area (Å²) in [5.74, 6) is 1.31. The molecule has 0 saturated heterocycles. The number of alkyl halides is 2. The van der Waals surface area contributed by atoms with Crippen molar-refractivity contribution >= 4 is 23.4 Å². The zero-order valence-electron chi connectivity index (χ0n) is 10.8. The smallest absolute Gasteiger partial charge is 0.387 e. The van der Waals surface area contributed by atoms with Gasteiger partial charge in [-0.25, -0.2) is 0 Å². The molecule has 0 aliphatic rings. The summed E-state index contributed by atoms with van der Waals surface area (Å²) in [7, 11) is 0. The molecule has 0 heterocycles. The molecule has 0 aromatic heterocycles. The lowest BCUT2D eigenvalue weighted by molar-refractivity contribution is -0.0504. The van der Waals surface area contributed by atoms with Gasteiger partial charge in [0.1, 0.15) is 5.75 Å². The Morgan fingerprint density at radius 1 is 1.37 bits per heavy atom. The minimum atomic E-state index is -2.82. The van der Waals surface area contributed by atoms with E-state index in [1.165, 1.54) is 6.07 Å². The molecule has 0 bridgehead atoms. The molecular weight excluding hydrogens is 292 g/mol. The summed E-state index contributed by atoms with van der Waals surface area (Å²) >= 11 is 7.68. The van der Waals surface area contributed by atoms with Crippen molar-refractivity contribution in [2.24, 2.45) is 0 Å². The van der Waals surface area contributed by atoms with Crippen molar-refractivity contribution in [3.8, 4) is 5.75 Å². The van der Waals surface area contributed by atoms with Crippen LogP contribution in [0.3, 0.4) is 0 Å². The maximum Gasteiger partial charge on any atom is 0.387 e. The van der Waals surface area contributed by atoms with E-state index < -0.39 is 6.61 Å². The van der Waals surface area contributed by atoms with Crippen LogP contribution in [-0.4, -0.2) is 25.2 Å². The van der Waals surface area contributed by atoms with E-state index in [1.807, 2.05) is 11.8 Å². The first kappa shape index (κ1) is 16.5. The molecule has 0 saturated carbocycles. The molecule has 2 nitrogen and oxygen atoms in total. The maximum atomic E-state index is 12.3. The average molecular weight is 310 g/mol. The molecule has 108 valence electrons. The Kier molecular flexibility index (Phi) is 8.18. The van der Waals surface area contributed by atoms with Crippen LogP contribution in [0.5, 0.6) is 5.75 Å². The zero-order chi connectivity index (χ0) is 14.1. The van der Waals surface area contributed by atoms with Gasteiger partial charge in [-0.15, -0.1) is 0 Å². The second-order valence-electron chi connectivity index (χ2n) is 4.01. The number of unbranched alkanes of at least 4 members (excludes halogenated alkanes) is 1. The predicted octanol–water partition coefficient (Wildman–Crippen LogP) is 4.17. The highest BCUT2D eigenvalue weighted by Gasteiger charge is 2.09. The SMILES string of the molecule is CSCCCCNCc1cc(Cl)ccc1OC(F)F. The van der Waals surface area contributed by atoms with Gasteiger partial charge in [0, 0.05) is 17.1 Å². The summed E-state index contributed by atoms with van der Waals surface area (Å²) < 4.78 is 29.0. The predicted molar refractivity (Wildman–Crippen MR) is 77.4 cm³/mol. The van der Waals surface area contributed by atoms with Gasteiger partial charge in [-0.1, -0.05) is 11.6 Å². The number of hydrogen-bond donors (Lipinski definition) is 1. The molecule has 0 spiro atoms. The van der Waals surface area contributed by atoms with Crippen LogP contribution in [0.2, 0.25) is 5.02 Å². The fourth-order valence-electron chi connectivity index (χ4n) is 1.62. The summed E-state index contributed by atoms with van der Waals surface area (Å²) in [5, 5.41) is 3.72. The van der Waals surface area contributed by atoms with E-state index >= 15 is 0 Å². The van der Waals surface area contributed by atoms with Crippen LogP contribution in [0.15, 0.2) is 18.2 Å². The number of hydrogen-bond acceptors (Lipinski definition) is 3. The van der Waals surface area contributed by atoms with Crippen LogP contribution >= 0.6 is 23.4 Å². The van der Waals surface area contributed by atoms with Crippen molar-refractivity contribution in [3.05, 3.63) is 28.8 Å². The lowest BCUT2D eigenvalue weighted by atomic mass is 10.2. The third-order valence-corrected chi connectivity index (χ3v) is 3.44. The summed E-state index contributed by atoms with van der Waals surface area (Å²) in [4.78, 5) is 0. The molecule has 1 aromatic rings. The molecule has 19 heavy (non-hydrogen) atoms. The van der Waals surface area contributed by atoms with Crippen molar-refractivity contribution in [1.29, 1.82) is 0 Å². The van der Waals surface area contributed by atoms with E-state index in [-0.39, 0.29) is 5.75 Å². The molecule has 6 heteroatoms. The highest BCUT2D eigenvalue weighted by atomic mass is 35.5. The summed E-state index contributed by atoms with van der Waals surface area (Å²) in [6, 6.07) is 4.66. The zero-order valence-corrected chi connectivity index (χ0v) is 12.4. The van der Waals surface area contributed by atoms with Gasteiger partial charge < -0.3 is 10.1 Å². The van der Waals surface area contributed by atoms with Gasteiger partial charge in [-0.2, -0.15) is 20.5 Å². The molecule has 0 unspecified atom stereocenters. The topological polar surface area (TPSA) is 21.3 Å². The highest BCUT2D eigenvalue weighted by molar-refractivity contribution is 7.98. The lowest BCUT2D eigenvalue weighted by Gasteiger charge is -2.12. The minimum absolute atomic E-state index is 0.177. The van der Waals surface area contributed by atoms with Gasteiger partial charge in [0.2, 0.25) is 0 Å². The Hall–Kier alpha value is -0.520. The number of benzene rings is 1. The van der Waals surface area contributed by atoms with Crippen LogP contribution in [0, 0.1) is 0 Å². The number of nitrogens with one attached hydrogen (secondary N) is 1. The molecule has 0 aliphatic heterocycles. The van der Waals surface area contributed by atoms with E-state index in [9.17, 15) is 8.78 Å². The first-order chi connectivity index (χ1) is 9.13. The lowest BCUT2D eigenvalue weighted by Crippen LogP contribution is -2.16. The van der Waals surface area contributed by atoms with Gasteiger partial charge in [0.05, 0.1) is 0 Å².